The number of nitrogens with zero attached hydrogens (tertiary/aromatic N) is 3. The van der Waals surface area contributed by atoms with Gasteiger partial charge in [-0.2, -0.15) is 13.2 Å². The summed E-state index contributed by atoms with van der Waals surface area (Å²) in [6.07, 6.45) is -1.62. The van der Waals surface area contributed by atoms with E-state index >= 15 is 0 Å². The minimum atomic E-state index is -4.57. The number of aromatic hydroxyl groups is 1. The van der Waals surface area contributed by atoms with Crippen molar-refractivity contribution in [1.82, 2.24) is 20.5 Å². The van der Waals surface area contributed by atoms with E-state index in [1.807, 2.05) is 12.1 Å². The summed E-state index contributed by atoms with van der Waals surface area (Å²) in [5, 5.41) is 14.9. The molecule has 3 heterocycles. The van der Waals surface area contributed by atoms with Crippen LogP contribution in [0.4, 0.5) is 17.6 Å². The average Bonchev–Trinajstić information content (AvgIpc) is 3.59. The van der Waals surface area contributed by atoms with Gasteiger partial charge < -0.3 is 25.2 Å². The van der Waals surface area contributed by atoms with Crippen LogP contribution in [0.5, 0.6) is 17.4 Å². The summed E-state index contributed by atoms with van der Waals surface area (Å²) in [7, 11) is 0. The molecule has 2 aliphatic heterocycles. The zero-order valence-electron chi connectivity index (χ0n) is 26.3. The Morgan fingerprint density at radius 1 is 1.02 bits per heavy atom. The topological polar surface area (TPSA) is 125 Å². The first-order valence-corrected chi connectivity index (χ1v) is 17.0. The summed E-state index contributed by atoms with van der Waals surface area (Å²) in [5.74, 6) is -1.44. The van der Waals surface area contributed by atoms with Crippen molar-refractivity contribution in [3.05, 3.63) is 71.7 Å². The van der Waals surface area contributed by atoms with Crippen molar-refractivity contribution in [3.63, 3.8) is 0 Å². The molecule has 1 saturated carbocycles. The third-order valence-corrected chi connectivity index (χ3v) is 9.71. The molecule has 0 radical (unpaired) electrons. The number of hydrogen-bond donors (Lipinski definition) is 3. The molecule has 2 amide bonds. The number of aromatic nitrogens is 1. The number of nitrogens with one attached hydrogen (secondary N) is 2. The van der Waals surface area contributed by atoms with Gasteiger partial charge in [0.1, 0.15) is 28.9 Å². The van der Waals surface area contributed by atoms with Crippen LogP contribution in [0.25, 0.3) is 11.1 Å². The van der Waals surface area contributed by atoms with Gasteiger partial charge in [0.25, 0.3) is 5.91 Å². The number of rotatable bonds is 9. The molecule has 3 N–H and O–H groups in total. The first-order chi connectivity index (χ1) is 23.5. The molecular weight excluding hydrogens is 666 g/mol. The largest absolute Gasteiger partial charge is 0.508 e. The zero-order chi connectivity index (χ0) is 34.5. The Morgan fingerprint density at radius 2 is 1.76 bits per heavy atom. The molecule has 6 rings (SSSR count). The lowest BCUT2D eigenvalue weighted by Gasteiger charge is -2.30. The molecule has 2 fully saturated rings. The second-order valence-corrected chi connectivity index (χ2v) is 13.2. The van der Waals surface area contributed by atoms with Crippen molar-refractivity contribution in [1.29, 1.82) is 0 Å². The number of alkyl halides is 3. The molecule has 1 aliphatic carbocycles. The Bertz CT molecular complexity index is 1710. The van der Waals surface area contributed by atoms with Crippen LogP contribution >= 0.6 is 11.8 Å². The maximum atomic E-state index is 14.3. The molecule has 1 atom stereocenters. The zero-order valence-corrected chi connectivity index (χ0v) is 27.2. The first kappa shape index (κ1) is 34.6. The maximum Gasteiger partial charge on any atom is 0.439 e. The van der Waals surface area contributed by atoms with Gasteiger partial charge in [0.2, 0.25) is 11.8 Å². The molecule has 0 spiro atoms. The number of phenolic OH excluding ortho intramolecular Hbond substituents is 1. The minimum Gasteiger partial charge on any atom is -0.508 e. The van der Waals surface area contributed by atoms with Gasteiger partial charge in [-0.25, -0.2) is 9.37 Å². The van der Waals surface area contributed by atoms with Gasteiger partial charge >= 0.3 is 6.18 Å². The highest BCUT2D eigenvalue weighted by molar-refractivity contribution is 8.14. The number of aliphatic imine (C=N–C) groups is 1. The van der Waals surface area contributed by atoms with Crippen LogP contribution in [0.2, 0.25) is 0 Å². The van der Waals surface area contributed by atoms with Gasteiger partial charge in [-0.3, -0.25) is 19.5 Å². The molecule has 49 heavy (non-hydrogen) atoms. The van der Waals surface area contributed by atoms with Crippen LogP contribution in [-0.2, 0) is 16.1 Å². The molecule has 260 valence electrons. The second kappa shape index (κ2) is 15.1. The summed E-state index contributed by atoms with van der Waals surface area (Å²) in [6, 6.07) is 11.8. The number of carbonyl (C=O) groups is 2. The van der Waals surface area contributed by atoms with E-state index < -0.39 is 34.9 Å². The number of phenols is 1. The highest BCUT2D eigenvalue weighted by Gasteiger charge is 2.42. The summed E-state index contributed by atoms with van der Waals surface area (Å²) in [4.78, 5) is 35.7. The molecule has 2 aromatic carbocycles. The van der Waals surface area contributed by atoms with Gasteiger partial charge in [-0.15, -0.1) is 0 Å². The molecule has 10 nitrogen and oxygen atoms in total. The van der Waals surface area contributed by atoms with Crippen LogP contribution in [0.1, 0.15) is 41.6 Å². The maximum absolute atomic E-state index is 14.3. The molecule has 3 aliphatic rings. The first-order valence-electron chi connectivity index (χ1n) is 16.0. The summed E-state index contributed by atoms with van der Waals surface area (Å²) in [6.45, 7) is 3.46. The number of halogens is 4. The fraction of sp³-hybridized carbons (Fsp3) is 0.412. The van der Waals surface area contributed by atoms with E-state index in [0.717, 1.165) is 42.0 Å². The van der Waals surface area contributed by atoms with Gasteiger partial charge in [0.05, 0.1) is 19.4 Å². The molecule has 3 aromatic rings. The fourth-order valence-electron chi connectivity index (χ4n) is 6.11. The third-order valence-electron chi connectivity index (χ3n) is 8.61. The monoisotopic (exact) mass is 701 g/mol. The van der Waals surface area contributed by atoms with E-state index in [4.69, 9.17) is 9.47 Å². The second-order valence-electron chi connectivity index (χ2n) is 12.2. The number of thioether (sulfide) groups is 1. The lowest BCUT2D eigenvalue weighted by molar-refractivity contribution is -0.122. The quantitative estimate of drug-likeness (QED) is 0.252. The average molecular weight is 702 g/mol. The van der Waals surface area contributed by atoms with E-state index in [-0.39, 0.29) is 35.0 Å². The van der Waals surface area contributed by atoms with Crippen molar-refractivity contribution in [2.45, 2.75) is 56.5 Å². The fourth-order valence-corrected chi connectivity index (χ4v) is 7.02. The number of benzene rings is 2. The molecule has 1 aromatic heterocycles. The van der Waals surface area contributed by atoms with Gasteiger partial charge in [0, 0.05) is 37.5 Å². The lowest BCUT2D eigenvalue weighted by Crippen LogP contribution is -2.46. The number of hydrogen-bond acceptors (Lipinski definition) is 9. The smallest absolute Gasteiger partial charge is 0.439 e. The highest BCUT2D eigenvalue weighted by Crippen LogP contribution is 2.34. The summed E-state index contributed by atoms with van der Waals surface area (Å²) >= 11 is 0.523. The Morgan fingerprint density at radius 3 is 2.47 bits per heavy atom. The summed E-state index contributed by atoms with van der Waals surface area (Å²) in [5.41, 5.74) is 2.55. The van der Waals surface area contributed by atoms with Gasteiger partial charge in [-0.05, 0) is 72.7 Å². The van der Waals surface area contributed by atoms with Crippen molar-refractivity contribution >= 4 is 28.6 Å². The van der Waals surface area contributed by atoms with E-state index in [9.17, 15) is 32.3 Å². The third kappa shape index (κ3) is 8.88. The van der Waals surface area contributed by atoms with Crippen molar-refractivity contribution in [3.8, 4) is 28.5 Å². The van der Waals surface area contributed by atoms with E-state index in [1.54, 1.807) is 30.3 Å². The van der Waals surface area contributed by atoms with E-state index in [2.05, 4.69) is 25.5 Å². The van der Waals surface area contributed by atoms with E-state index in [0.29, 0.717) is 63.0 Å². The van der Waals surface area contributed by atoms with Crippen LogP contribution in [0.15, 0.2) is 59.7 Å². The predicted molar refractivity (Wildman–Crippen MR) is 175 cm³/mol. The van der Waals surface area contributed by atoms with Crippen molar-refractivity contribution < 1.29 is 41.7 Å². The Hall–Kier alpha value is -4.21. The SMILES string of the molecule is O=C(NC1CCC(NC(=O)C2CSC(C(F)(F)F)=N2)CC1)c1cc(F)cnc1Oc1cccc(-c2ccc(O)cc2CN2CCOCC2)c1. The Labute approximate surface area is 284 Å². The Balaban J connectivity index is 1.08. The number of amides is 2. The van der Waals surface area contributed by atoms with Crippen molar-refractivity contribution in [2.75, 3.05) is 32.1 Å². The minimum absolute atomic E-state index is 0.0603. The number of morpholine rings is 1. The van der Waals surface area contributed by atoms with E-state index in [1.165, 1.54) is 0 Å². The number of pyridine rings is 1. The van der Waals surface area contributed by atoms with Crippen LogP contribution in [0.3, 0.4) is 0 Å². The van der Waals surface area contributed by atoms with Crippen LogP contribution < -0.4 is 15.4 Å². The molecular formula is C34H35F4N5O5S. The van der Waals surface area contributed by atoms with Crippen LogP contribution in [-0.4, -0.2) is 88.2 Å². The normalized spacial score (nSPS) is 21.6. The molecule has 1 unspecified atom stereocenters. The van der Waals surface area contributed by atoms with Gasteiger partial charge in [0.15, 0.2) is 5.04 Å². The lowest BCUT2D eigenvalue weighted by atomic mass is 9.90. The Kier molecular flexibility index (Phi) is 10.7. The molecule has 0 bridgehead atoms. The predicted octanol–water partition coefficient (Wildman–Crippen LogP) is 5.45. The van der Waals surface area contributed by atoms with Crippen LogP contribution in [0, 0.1) is 5.82 Å². The summed E-state index contributed by atoms with van der Waals surface area (Å²) < 4.78 is 64.5. The highest BCUT2D eigenvalue weighted by atomic mass is 32.2. The van der Waals surface area contributed by atoms with Gasteiger partial charge in [-0.1, -0.05) is 30.0 Å². The number of ether oxygens (including phenoxy) is 2. The molecule has 15 heteroatoms. The number of carbonyl (C=O) groups excluding carboxylic acids is 2. The molecule has 1 saturated heterocycles. The standard InChI is InChI=1S/C34H35F4N5O5S/c35-22-16-28(30(45)40-23-4-6-24(7-5-23)41-31(46)29-19-49-33(42-29)34(36,37)38)32(39-17-22)48-26-3-1-2-20(15-26)27-9-8-25(44)14-21(27)18-43-10-12-47-13-11-43/h1-3,8-9,14-17,23-24,29,44H,4-7,10-13,18-19H2,(H,40,45)(H,41,46). The van der Waals surface area contributed by atoms with Crippen molar-refractivity contribution in [2.24, 2.45) is 4.99 Å².